The summed E-state index contributed by atoms with van der Waals surface area (Å²) in [6.45, 7) is 5.26. The molecule has 28 heavy (non-hydrogen) atoms. The van der Waals surface area contributed by atoms with Crippen molar-refractivity contribution in [3.8, 4) is 11.5 Å². The molecule has 1 aliphatic rings. The summed E-state index contributed by atoms with van der Waals surface area (Å²) < 4.78 is 11.2. The molecule has 1 aromatic carbocycles. The van der Waals surface area contributed by atoms with Crippen LogP contribution < -0.4 is 19.9 Å². The van der Waals surface area contributed by atoms with Gasteiger partial charge in [-0.2, -0.15) is 0 Å². The van der Waals surface area contributed by atoms with Crippen LogP contribution in [-0.2, 0) is 19.4 Å². The minimum absolute atomic E-state index is 0.0188. The van der Waals surface area contributed by atoms with Gasteiger partial charge in [-0.15, -0.1) is 0 Å². The minimum atomic E-state index is -0.0188. The number of nitrogens with zero attached hydrogens (tertiary/aromatic N) is 3. The number of hydrogen-bond donors (Lipinski definition) is 1. The van der Waals surface area contributed by atoms with Gasteiger partial charge in [-0.05, 0) is 30.5 Å². The zero-order chi connectivity index (χ0) is 20.1. The first-order valence-electron chi connectivity index (χ1n) is 9.83. The van der Waals surface area contributed by atoms with Gasteiger partial charge in [0, 0.05) is 45.7 Å². The molecule has 0 aliphatic carbocycles. The molecule has 7 nitrogen and oxygen atoms in total. The lowest BCUT2D eigenvalue weighted by Gasteiger charge is -2.20. The molecule has 152 valence electrons. The summed E-state index contributed by atoms with van der Waals surface area (Å²) in [5.41, 5.74) is 2.88. The summed E-state index contributed by atoms with van der Waals surface area (Å²) in [5.74, 6) is 2.16. The van der Waals surface area contributed by atoms with Gasteiger partial charge in [-0.3, -0.25) is 14.7 Å². The van der Waals surface area contributed by atoms with Crippen molar-refractivity contribution in [1.29, 1.82) is 0 Å². The molecule has 2 aromatic rings. The lowest BCUT2D eigenvalue weighted by Crippen LogP contribution is -2.26. The van der Waals surface area contributed by atoms with Gasteiger partial charge in [-0.1, -0.05) is 13.0 Å². The van der Waals surface area contributed by atoms with Crippen LogP contribution in [0.5, 0.6) is 11.5 Å². The average Bonchev–Trinajstić information content (AvgIpc) is 2.89. The van der Waals surface area contributed by atoms with Crippen LogP contribution in [0.3, 0.4) is 0 Å². The number of anilines is 1. The molecule has 0 atom stereocenters. The molecule has 0 bridgehead atoms. The lowest BCUT2D eigenvalue weighted by molar-refractivity contribution is 0.276. The fraction of sp³-hybridized carbons (Fsp3) is 0.524. The summed E-state index contributed by atoms with van der Waals surface area (Å²) >= 11 is 0. The van der Waals surface area contributed by atoms with Gasteiger partial charge >= 0.3 is 0 Å². The second kappa shape index (κ2) is 9.10. The molecule has 1 aliphatic heterocycles. The highest BCUT2D eigenvalue weighted by Crippen LogP contribution is 2.29. The zero-order valence-corrected chi connectivity index (χ0v) is 17.2. The number of methoxy groups -OCH3 is 1. The van der Waals surface area contributed by atoms with E-state index in [4.69, 9.17) is 9.47 Å². The fourth-order valence-corrected chi connectivity index (χ4v) is 3.41. The van der Waals surface area contributed by atoms with E-state index in [1.54, 1.807) is 7.11 Å². The third-order valence-corrected chi connectivity index (χ3v) is 4.95. The van der Waals surface area contributed by atoms with E-state index in [1.165, 1.54) is 5.56 Å². The zero-order valence-electron chi connectivity index (χ0n) is 17.2. The molecule has 0 spiro atoms. The predicted octanol–water partition coefficient (Wildman–Crippen LogP) is 2.23. The molecule has 1 N–H and O–H groups in total. The summed E-state index contributed by atoms with van der Waals surface area (Å²) in [7, 11) is 5.44. The van der Waals surface area contributed by atoms with Gasteiger partial charge in [0.15, 0.2) is 11.5 Å². The Morgan fingerprint density at radius 2 is 2.00 bits per heavy atom. The molecule has 0 radical (unpaired) electrons. The Balaban J connectivity index is 1.71. The van der Waals surface area contributed by atoms with Gasteiger partial charge < -0.3 is 14.4 Å². The van der Waals surface area contributed by atoms with Crippen molar-refractivity contribution < 1.29 is 9.47 Å². The molecule has 7 heteroatoms. The SMILES string of the molecule is CCCOc1ccc(CN2CCc3nc(N(C)C)[nH]c(=O)c3CC2)cc1OC. The quantitative estimate of drug-likeness (QED) is 0.787. The van der Waals surface area contributed by atoms with E-state index >= 15 is 0 Å². The smallest absolute Gasteiger partial charge is 0.255 e. The van der Waals surface area contributed by atoms with E-state index in [-0.39, 0.29) is 5.56 Å². The largest absolute Gasteiger partial charge is 0.493 e. The minimum Gasteiger partial charge on any atom is -0.493 e. The monoisotopic (exact) mass is 386 g/mol. The Morgan fingerprint density at radius 1 is 1.21 bits per heavy atom. The molecule has 0 saturated carbocycles. The van der Waals surface area contributed by atoms with Gasteiger partial charge in [0.2, 0.25) is 5.95 Å². The van der Waals surface area contributed by atoms with Crippen molar-refractivity contribution in [2.24, 2.45) is 0 Å². The number of rotatable bonds is 7. The van der Waals surface area contributed by atoms with Gasteiger partial charge in [-0.25, -0.2) is 4.98 Å². The normalized spacial score (nSPS) is 14.3. The maximum Gasteiger partial charge on any atom is 0.255 e. The van der Waals surface area contributed by atoms with Crippen molar-refractivity contribution in [1.82, 2.24) is 14.9 Å². The van der Waals surface area contributed by atoms with E-state index < -0.39 is 0 Å². The molecule has 0 amide bonds. The summed E-state index contributed by atoms with van der Waals surface area (Å²) in [6, 6.07) is 6.10. The summed E-state index contributed by atoms with van der Waals surface area (Å²) in [4.78, 5) is 24.2. The first-order chi connectivity index (χ1) is 13.5. The van der Waals surface area contributed by atoms with Crippen molar-refractivity contribution >= 4 is 5.95 Å². The lowest BCUT2D eigenvalue weighted by atomic mass is 10.1. The molecule has 2 heterocycles. The van der Waals surface area contributed by atoms with Gasteiger partial charge in [0.05, 0.1) is 19.4 Å². The molecule has 0 unspecified atom stereocenters. The third-order valence-electron chi connectivity index (χ3n) is 4.95. The summed E-state index contributed by atoms with van der Waals surface area (Å²) in [5, 5.41) is 0. The highest BCUT2D eigenvalue weighted by molar-refractivity contribution is 5.43. The van der Waals surface area contributed by atoms with E-state index in [2.05, 4.69) is 27.9 Å². The third kappa shape index (κ3) is 4.65. The van der Waals surface area contributed by atoms with Crippen LogP contribution in [-0.4, -0.2) is 55.8 Å². The van der Waals surface area contributed by atoms with Crippen LogP contribution in [0.25, 0.3) is 0 Å². The van der Waals surface area contributed by atoms with E-state index in [1.807, 2.05) is 31.1 Å². The highest BCUT2D eigenvalue weighted by Gasteiger charge is 2.19. The standard InChI is InChI=1S/C21H30N4O3/c1-5-12-28-18-7-6-15(13-19(18)27-4)14-25-10-8-16-17(9-11-25)22-21(24(2)3)23-20(16)26/h6-7,13H,5,8-12,14H2,1-4H3,(H,22,23,26). The second-order valence-corrected chi connectivity index (χ2v) is 7.32. The van der Waals surface area contributed by atoms with Crippen molar-refractivity contribution in [2.45, 2.75) is 32.7 Å². The number of ether oxygens (including phenoxy) is 2. The van der Waals surface area contributed by atoms with Crippen LogP contribution >= 0.6 is 0 Å². The molecule has 3 rings (SSSR count). The number of hydrogen-bond acceptors (Lipinski definition) is 6. The number of fused-ring (bicyclic) bond motifs is 1. The van der Waals surface area contributed by atoms with Gasteiger partial charge in [0.25, 0.3) is 5.56 Å². The maximum atomic E-state index is 12.4. The Labute approximate surface area is 166 Å². The topological polar surface area (TPSA) is 70.7 Å². The highest BCUT2D eigenvalue weighted by atomic mass is 16.5. The predicted molar refractivity (Wildman–Crippen MR) is 111 cm³/mol. The van der Waals surface area contributed by atoms with E-state index in [9.17, 15) is 4.79 Å². The first-order valence-corrected chi connectivity index (χ1v) is 9.83. The average molecular weight is 386 g/mol. The molecular formula is C21H30N4O3. The van der Waals surface area contributed by atoms with Crippen molar-refractivity contribution in [2.75, 3.05) is 45.8 Å². The van der Waals surface area contributed by atoms with Crippen LogP contribution in [0.4, 0.5) is 5.95 Å². The van der Waals surface area contributed by atoms with Crippen LogP contribution in [0.1, 0.15) is 30.2 Å². The summed E-state index contributed by atoms with van der Waals surface area (Å²) in [6.07, 6.45) is 2.44. The number of aromatic amines is 1. The second-order valence-electron chi connectivity index (χ2n) is 7.32. The Hall–Kier alpha value is -2.54. The van der Waals surface area contributed by atoms with Gasteiger partial charge in [0.1, 0.15) is 0 Å². The van der Waals surface area contributed by atoms with Crippen LogP contribution in [0.2, 0.25) is 0 Å². The van der Waals surface area contributed by atoms with E-state index in [0.29, 0.717) is 19.0 Å². The van der Waals surface area contributed by atoms with Crippen molar-refractivity contribution in [3.63, 3.8) is 0 Å². The number of benzene rings is 1. The number of nitrogens with one attached hydrogen (secondary N) is 1. The first kappa shape index (κ1) is 20.2. The van der Waals surface area contributed by atoms with Crippen LogP contribution in [0, 0.1) is 0 Å². The fourth-order valence-electron chi connectivity index (χ4n) is 3.41. The van der Waals surface area contributed by atoms with Crippen LogP contribution in [0.15, 0.2) is 23.0 Å². The van der Waals surface area contributed by atoms with E-state index in [0.717, 1.165) is 55.2 Å². The Bertz CT molecular complexity index is 863. The van der Waals surface area contributed by atoms with Crippen molar-refractivity contribution in [3.05, 3.63) is 45.4 Å². The number of H-pyrrole nitrogens is 1. The molecule has 1 aromatic heterocycles. The molecule has 0 fully saturated rings. The Kier molecular flexibility index (Phi) is 6.57. The molecule has 0 saturated heterocycles. The maximum absolute atomic E-state index is 12.4. The molecular weight excluding hydrogens is 356 g/mol. The number of aromatic nitrogens is 2. The Morgan fingerprint density at radius 3 is 2.71 bits per heavy atom.